The summed E-state index contributed by atoms with van der Waals surface area (Å²) >= 11 is 1.53. The normalized spacial score (nSPS) is 18.2. The van der Waals surface area contributed by atoms with Gasteiger partial charge in [-0.25, -0.2) is 8.42 Å². The molecule has 1 aliphatic heterocycles. The fourth-order valence-electron chi connectivity index (χ4n) is 2.73. The van der Waals surface area contributed by atoms with E-state index in [1.165, 1.54) is 17.2 Å². The maximum atomic E-state index is 12.8. The van der Waals surface area contributed by atoms with Gasteiger partial charge in [-0.1, -0.05) is 48.5 Å². The lowest BCUT2D eigenvalue weighted by molar-refractivity contribution is -0.116. The molecular formula is C19H19NO3S2. The minimum Gasteiger partial charge on any atom is -0.304 e. The van der Waals surface area contributed by atoms with Crippen molar-refractivity contribution in [2.45, 2.75) is 11.8 Å². The maximum Gasteiger partial charge on any atom is 0.237 e. The van der Waals surface area contributed by atoms with Crippen molar-refractivity contribution in [1.29, 1.82) is 0 Å². The number of sulfone groups is 1. The SMILES string of the molecule is O=C(CSCc1ccccc1)N(c1ccccc1)[C@@H]1C=CS(=O)(=O)C1. The van der Waals surface area contributed by atoms with Crippen molar-refractivity contribution < 1.29 is 13.2 Å². The van der Waals surface area contributed by atoms with Crippen LogP contribution in [0.15, 0.2) is 72.1 Å². The van der Waals surface area contributed by atoms with Crippen molar-refractivity contribution >= 4 is 33.2 Å². The van der Waals surface area contributed by atoms with Crippen LogP contribution in [0, 0.1) is 0 Å². The van der Waals surface area contributed by atoms with Gasteiger partial charge in [0.05, 0.1) is 17.5 Å². The molecule has 0 N–H and O–H groups in total. The lowest BCUT2D eigenvalue weighted by atomic mass is 10.2. The molecule has 0 unspecified atom stereocenters. The van der Waals surface area contributed by atoms with Crippen molar-refractivity contribution in [2.75, 3.05) is 16.4 Å². The zero-order chi connectivity index (χ0) is 17.7. The second-order valence-electron chi connectivity index (χ2n) is 5.80. The number of anilines is 1. The highest BCUT2D eigenvalue weighted by molar-refractivity contribution is 7.99. The second kappa shape index (κ2) is 7.89. The van der Waals surface area contributed by atoms with Crippen LogP contribution in [0.4, 0.5) is 5.69 Å². The predicted molar refractivity (Wildman–Crippen MR) is 103 cm³/mol. The monoisotopic (exact) mass is 373 g/mol. The zero-order valence-corrected chi connectivity index (χ0v) is 15.2. The maximum absolute atomic E-state index is 12.8. The first-order chi connectivity index (χ1) is 12.1. The van der Waals surface area contributed by atoms with E-state index in [0.717, 1.165) is 17.0 Å². The van der Waals surface area contributed by atoms with Gasteiger partial charge in [0, 0.05) is 16.8 Å². The van der Waals surface area contributed by atoms with E-state index < -0.39 is 15.9 Å². The van der Waals surface area contributed by atoms with Crippen LogP contribution in [0.25, 0.3) is 0 Å². The topological polar surface area (TPSA) is 54.5 Å². The van der Waals surface area contributed by atoms with Gasteiger partial charge in [-0.3, -0.25) is 4.79 Å². The van der Waals surface area contributed by atoms with Gasteiger partial charge in [0.15, 0.2) is 9.84 Å². The number of rotatable bonds is 6. The first kappa shape index (κ1) is 17.8. The Balaban J connectivity index is 1.71. The summed E-state index contributed by atoms with van der Waals surface area (Å²) in [6.45, 7) is 0. The molecule has 1 heterocycles. The van der Waals surface area contributed by atoms with E-state index >= 15 is 0 Å². The molecule has 0 saturated heterocycles. The predicted octanol–water partition coefficient (Wildman–Crippen LogP) is 3.26. The van der Waals surface area contributed by atoms with Gasteiger partial charge in [-0.2, -0.15) is 0 Å². The number of carbonyl (C=O) groups excluding carboxylic acids is 1. The molecule has 1 aliphatic rings. The third kappa shape index (κ3) is 4.74. The first-order valence-corrected chi connectivity index (χ1v) is 10.8. The molecule has 6 heteroatoms. The van der Waals surface area contributed by atoms with Crippen LogP contribution in [0.3, 0.4) is 0 Å². The lowest BCUT2D eigenvalue weighted by Crippen LogP contribution is -2.42. The molecule has 130 valence electrons. The highest BCUT2D eigenvalue weighted by Crippen LogP contribution is 2.24. The Bertz CT molecular complexity index is 849. The molecule has 0 aromatic heterocycles. The first-order valence-electron chi connectivity index (χ1n) is 7.95. The van der Waals surface area contributed by atoms with E-state index in [0.29, 0.717) is 5.75 Å². The largest absolute Gasteiger partial charge is 0.304 e. The van der Waals surface area contributed by atoms with Crippen LogP contribution in [-0.4, -0.2) is 31.9 Å². The summed E-state index contributed by atoms with van der Waals surface area (Å²) in [5.41, 5.74) is 1.88. The molecule has 1 atom stereocenters. The average molecular weight is 373 g/mol. The summed E-state index contributed by atoms with van der Waals surface area (Å²) < 4.78 is 23.5. The summed E-state index contributed by atoms with van der Waals surface area (Å²) in [7, 11) is -3.23. The second-order valence-corrected chi connectivity index (χ2v) is 8.72. The Morgan fingerprint density at radius 1 is 1.04 bits per heavy atom. The van der Waals surface area contributed by atoms with E-state index in [4.69, 9.17) is 0 Å². The van der Waals surface area contributed by atoms with Crippen LogP contribution >= 0.6 is 11.8 Å². The van der Waals surface area contributed by atoms with Crippen LogP contribution in [-0.2, 0) is 20.4 Å². The molecule has 4 nitrogen and oxygen atoms in total. The Kier molecular flexibility index (Phi) is 5.60. The minimum absolute atomic E-state index is 0.0585. The lowest BCUT2D eigenvalue weighted by Gasteiger charge is -2.27. The van der Waals surface area contributed by atoms with Crippen molar-refractivity contribution in [3.8, 4) is 0 Å². The van der Waals surface area contributed by atoms with Crippen molar-refractivity contribution in [1.82, 2.24) is 0 Å². The van der Waals surface area contributed by atoms with Gasteiger partial charge in [0.25, 0.3) is 0 Å². The third-order valence-corrected chi connectivity index (χ3v) is 6.25. The molecule has 0 bridgehead atoms. The highest BCUT2D eigenvalue weighted by Gasteiger charge is 2.31. The van der Waals surface area contributed by atoms with E-state index in [-0.39, 0.29) is 11.7 Å². The van der Waals surface area contributed by atoms with E-state index in [9.17, 15) is 13.2 Å². The number of amides is 1. The zero-order valence-electron chi connectivity index (χ0n) is 13.6. The third-order valence-electron chi connectivity index (χ3n) is 3.88. The molecular weight excluding hydrogens is 354 g/mol. The van der Waals surface area contributed by atoms with E-state index in [1.54, 1.807) is 11.0 Å². The standard InChI is InChI=1S/C19H19NO3S2/c21-19(14-24-13-16-7-3-1-4-8-16)20(17-9-5-2-6-10-17)18-11-12-25(22,23)15-18/h1-12,18H,13-15H2/t18-/m1/s1. The summed E-state index contributed by atoms with van der Waals surface area (Å²) in [6.07, 6.45) is 1.60. The summed E-state index contributed by atoms with van der Waals surface area (Å²) in [5, 5.41) is 1.21. The number of para-hydroxylation sites is 1. The van der Waals surface area contributed by atoms with Gasteiger partial charge < -0.3 is 4.90 Å². The minimum atomic E-state index is -3.23. The smallest absolute Gasteiger partial charge is 0.237 e. The van der Waals surface area contributed by atoms with Crippen LogP contribution in [0.1, 0.15) is 5.56 Å². The Morgan fingerprint density at radius 2 is 1.68 bits per heavy atom. The molecule has 0 saturated carbocycles. The Hall–Kier alpha value is -2.05. The van der Waals surface area contributed by atoms with Gasteiger partial charge >= 0.3 is 0 Å². The number of hydrogen-bond acceptors (Lipinski definition) is 4. The van der Waals surface area contributed by atoms with Crippen molar-refractivity contribution in [3.05, 3.63) is 77.7 Å². The van der Waals surface area contributed by atoms with Crippen molar-refractivity contribution in [2.24, 2.45) is 0 Å². The van der Waals surface area contributed by atoms with Gasteiger partial charge in [0.1, 0.15) is 0 Å². The van der Waals surface area contributed by atoms with Gasteiger partial charge in [0.2, 0.25) is 5.91 Å². The molecule has 2 aromatic carbocycles. The number of hydrogen-bond donors (Lipinski definition) is 0. The molecule has 0 radical (unpaired) electrons. The van der Waals surface area contributed by atoms with E-state index in [1.807, 2.05) is 60.7 Å². The highest BCUT2D eigenvalue weighted by atomic mass is 32.2. The van der Waals surface area contributed by atoms with Gasteiger partial charge in [-0.05, 0) is 23.8 Å². The molecule has 0 spiro atoms. The molecule has 0 aliphatic carbocycles. The van der Waals surface area contributed by atoms with Crippen LogP contribution < -0.4 is 4.90 Å². The number of thioether (sulfide) groups is 1. The molecule has 1 amide bonds. The fraction of sp³-hybridized carbons (Fsp3) is 0.211. The average Bonchev–Trinajstić information content (AvgIpc) is 2.96. The van der Waals surface area contributed by atoms with E-state index in [2.05, 4.69) is 0 Å². The molecule has 0 fully saturated rings. The number of benzene rings is 2. The molecule has 2 aromatic rings. The fourth-order valence-corrected chi connectivity index (χ4v) is 4.84. The Labute approximate surface area is 152 Å². The Morgan fingerprint density at radius 3 is 2.28 bits per heavy atom. The summed E-state index contributed by atoms with van der Waals surface area (Å²) in [4.78, 5) is 14.4. The quantitative estimate of drug-likeness (QED) is 0.780. The van der Waals surface area contributed by atoms with Crippen LogP contribution in [0.2, 0.25) is 0 Å². The summed E-state index contributed by atoms with van der Waals surface area (Å²) in [5.74, 6) is 0.901. The molecule has 25 heavy (non-hydrogen) atoms. The number of carbonyl (C=O) groups is 1. The van der Waals surface area contributed by atoms with Gasteiger partial charge in [-0.15, -0.1) is 11.8 Å². The van der Waals surface area contributed by atoms with Crippen molar-refractivity contribution in [3.63, 3.8) is 0 Å². The van der Waals surface area contributed by atoms with Crippen LogP contribution in [0.5, 0.6) is 0 Å². The number of nitrogens with zero attached hydrogens (tertiary/aromatic N) is 1. The molecule has 3 rings (SSSR count). The summed E-state index contributed by atoms with van der Waals surface area (Å²) in [6, 6.07) is 18.7.